The number of rotatable bonds is 9. The van der Waals surface area contributed by atoms with Gasteiger partial charge in [0.15, 0.2) is 11.6 Å². The van der Waals surface area contributed by atoms with Gasteiger partial charge in [-0.1, -0.05) is 16.4 Å². The molecule has 2 aromatic carbocycles. The van der Waals surface area contributed by atoms with E-state index >= 15 is 0 Å². The minimum absolute atomic E-state index is 0.298. The van der Waals surface area contributed by atoms with Crippen LogP contribution >= 0.6 is 83.1 Å². The molecule has 22 heteroatoms. The van der Waals surface area contributed by atoms with Crippen LogP contribution in [0.3, 0.4) is 0 Å². The normalized spacial score (nSPS) is 19.5. The molecule has 0 saturated carbocycles. The number of benzene rings is 2. The van der Waals surface area contributed by atoms with E-state index in [1.807, 2.05) is 51.6 Å². The van der Waals surface area contributed by atoms with Crippen molar-refractivity contribution in [1.82, 2.24) is 10.3 Å². The Labute approximate surface area is 372 Å². The molecule has 2 amide bonds. The summed E-state index contributed by atoms with van der Waals surface area (Å²) in [7, 11) is 2.85. The molecule has 4 aromatic rings. The molecule has 0 spiro atoms. The Morgan fingerprint density at radius 3 is 1.61 bits per heavy atom. The van der Waals surface area contributed by atoms with Gasteiger partial charge in [-0.15, -0.1) is 67.1 Å². The van der Waals surface area contributed by atoms with E-state index < -0.39 is 42.1 Å². The first-order valence-corrected chi connectivity index (χ1v) is 21.6. The Kier molecular flexibility index (Phi) is 15.2. The summed E-state index contributed by atoms with van der Waals surface area (Å²) in [5.74, 6) is 0.377. The fourth-order valence-corrected chi connectivity index (χ4v) is 6.00. The molecule has 300 valence electrons. The largest absolute Gasteiger partial charge is 0.497 e. The smallest absolute Gasteiger partial charge is 0.442 e. The summed E-state index contributed by atoms with van der Waals surface area (Å²) in [5.41, 5.74) is 0.0591. The molecule has 5 heterocycles. The highest BCUT2D eigenvalue weighted by atomic mass is 127. The van der Waals surface area contributed by atoms with Crippen LogP contribution in [0, 0.1) is 11.6 Å². The van der Waals surface area contributed by atoms with E-state index in [2.05, 4.69) is 93.4 Å². The van der Waals surface area contributed by atoms with E-state index in [4.69, 9.17) is 27.8 Å². The molecule has 3 fully saturated rings. The first-order valence-electron chi connectivity index (χ1n) is 17.1. The lowest BCUT2D eigenvalue weighted by molar-refractivity contribution is 0.00578. The molecular formula is C34H38B2BrF2I3N6O8. The molecule has 0 radical (unpaired) electrons. The Hall–Kier alpha value is -2.42. The summed E-state index contributed by atoms with van der Waals surface area (Å²) >= 11 is 10.0. The van der Waals surface area contributed by atoms with Crippen molar-refractivity contribution in [2.75, 3.05) is 59.9 Å². The fourth-order valence-electron chi connectivity index (χ4n) is 5.76. The van der Waals surface area contributed by atoms with E-state index in [1.54, 1.807) is 36.4 Å². The van der Waals surface area contributed by atoms with Crippen molar-refractivity contribution < 1.29 is 46.2 Å². The van der Waals surface area contributed by atoms with Crippen molar-refractivity contribution in [2.24, 2.45) is 0 Å². The van der Waals surface area contributed by atoms with Gasteiger partial charge in [0.05, 0.1) is 53.2 Å². The predicted molar refractivity (Wildman–Crippen MR) is 239 cm³/mol. The summed E-state index contributed by atoms with van der Waals surface area (Å²) in [4.78, 5) is 30.8. The highest BCUT2D eigenvalue weighted by molar-refractivity contribution is 14.4. The molecule has 0 aliphatic carbocycles. The van der Waals surface area contributed by atoms with Gasteiger partial charge in [-0.05, 0) is 74.0 Å². The molecule has 7 rings (SSSR count). The Balaban J connectivity index is 0.000000203. The number of amides is 2. The zero-order valence-corrected chi connectivity index (χ0v) is 39.2. The number of anilines is 4. The molecule has 0 N–H and O–H groups in total. The maximum Gasteiger partial charge on any atom is 0.497 e. The van der Waals surface area contributed by atoms with Crippen LogP contribution in [0.15, 0.2) is 74.6 Å². The van der Waals surface area contributed by atoms with Crippen molar-refractivity contribution in [2.45, 2.75) is 51.1 Å². The average molecular weight is 1180 g/mol. The number of halogens is 6. The number of likely N-dealkylation sites (N-methyl/N-ethyl adjacent to an activating group) is 2. The van der Waals surface area contributed by atoms with Gasteiger partial charge in [0.2, 0.25) is 0 Å². The number of hydrogen-bond donors (Lipinski definition) is 0. The SMILES string of the molecule is CN(C[C@H]1CN(c2ccc(B3OC(C)(C)C(C)(C)O3)c(F)c2)C(=O)O1)c1ccon1.CN(C[C@H]1CN(c2ccc(Br)c(F)c2)C(=O)O1)c1ccon1.IB(I)I. The van der Waals surface area contributed by atoms with Gasteiger partial charge < -0.3 is 37.6 Å². The van der Waals surface area contributed by atoms with Gasteiger partial charge in [-0.25, -0.2) is 18.4 Å². The number of carbonyl (C=O) groups excluding carboxylic acids is 2. The zero-order valence-electron chi connectivity index (χ0n) is 31.1. The topological polar surface area (TPSA) is 136 Å². The number of carbonyl (C=O) groups is 2. The van der Waals surface area contributed by atoms with Gasteiger partial charge in [-0.2, -0.15) is 0 Å². The second-order valence-electron chi connectivity index (χ2n) is 13.8. The molecule has 14 nitrogen and oxygen atoms in total. The minimum Gasteiger partial charge on any atom is -0.442 e. The average Bonchev–Trinajstić information content (AvgIpc) is 3.95. The quantitative estimate of drug-likeness (QED) is 0.119. The first kappa shape index (κ1) is 44.7. The van der Waals surface area contributed by atoms with Crippen LogP contribution in [0.4, 0.5) is 41.4 Å². The molecule has 3 saturated heterocycles. The third-order valence-electron chi connectivity index (χ3n) is 9.35. The van der Waals surface area contributed by atoms with Gasteiger partial charge >= 0.3 is 19.6 Å². The van der Waals surface area contributed by atoms with E-state index in [9.17, 15) is 18.4 Å². The van der Waals surface area contributed by atoms with Crippen molar-refractivity contribution in [3.05, 3.63) is 77.2 Å². The number of nitrogens with zero attached hydrogens (tertiary/aromatic N) is 6. The fraction of sp³-hybridized carbons (Fsp3) is 0.412. The van der Waals surface area contributed by atoms with Gasteiger partial charge in [0, 0.05) is 31.7 Å². The molecule has 3 aliphatic heterocycles. The molecule has 3 aliphatic rings. The van der Waals surface area contributed by atoms with E-state index in [1.165, 1.54) is 34.5 Å². The Bertz CT molecular complexity index is 1940. The van der Waals surface area contributed by atoms with Gasteiger partial charge in [-0.3, -0.25) is 9.80 Å². The molecule has 0 bridgehead atoms. The van der Waals surface area contributed by atoms with Gasteiger partial charge in [0.1, 0.15) is 36.4 Å². The second kappa shape index (κ2) is 19.1. The van der Waals surface area contributed by atoms with Gasteiger partial charge in [0.25, 0.3) is 0 Å². The predicted octanol–water partition coefficient (Wildman–Crippen LogP) is 7.89. The van der Waals surface area contributed by atoms with Crippen molar-refractivity contribution in [3.8, 4) is 0 Å². The molecule has 2 aromatic heterocycles. The standard InChI is InChI=1S/C20H25BFN3O5.C14H13BrFN3O3.BI3/c1-19(2)20(3,4)30-21(29-19)15-7-6-13(10-16(15)22)25-12-14(28-18(25)26)11-24(5)17-8-9-27-23-17;1-18(13-4-5-21-17-13)7-10-8-19(14(20)22-10)9-2-3-11(15)12(16)6-9;2-1(3)4/h6-10,14H,11-12H2,1-5H3;2-6,10H,7-8H2,1H3;/t14-;10-;/m00./s1. The highest BCUT2D eigenvalue weighted by Gasteiger charge is 2.52. The van der Waals surface area contributed by atoms with Crippen molar-refractivity contribution in [3.63, 3.8) is 0 Å². The number of hydrogen-bond acceptors (Lipinski definition) is 12. The van der Waals surface area contributed by atoms with Crippen molar-refractivity contribution in [1.29, 1.82) is 0 Å². The minimum atomic E-state index is -0.807. The maximum atomic E-state index is 14.9. The molecule has 0 unspecified atom stereocenters. The maximum absolute atomic E-state index is 14.9. The first-order chi connectivity index (χ1) is 26.3. The molecule has 56 heavy (non-hydrogen) atoms. The monoisotopic (exact) mass is 1180 g/mol. The lowest BCUT2D eigenvalue weighted by Gasteiger charge is -2.32. The summed E-state index contributed by atoms with van der Waals surface area (Å²) < 4.78 is 61.8. The second-order valence-corrected chi connectivity index (χ2v) is 25.6. The number of ether oxygens (including phenoxy) is 2. The number of cyclic esters (lactones) is 2. The summed E-state index contributed by atoms with van der Waals surface area (Å²) in [5, 5.41) is 7.68. The molecular weight excluding hydrogens is 1140 g/mol. The van der Waals surface area contributed by atoms with Crippen LogP contribution in [0.25, 0.3) is 0 Å². The Morgan fingerprint density at radius 2 is 1.21 bits per heavy atom. The van der Waals surface area contributed by atoms with Crippen LogP contribution < -0.4 is 25.1 Å². The zero-order chi connectivity index (χ0) is 40.9. The third kappa shape index (κ3) is 11.2. The molecule has 2 atom stereocenters. The third-order valence-corrected chi connectivity index (χ3v) is 9.99. The van der Waals surface area contributed by atoms with Crippen LogP contribution in [0.2, 0.25) is 0 Å². The Morgan fingerprint density at radius 1 is 0.786 bits per heavy atom. The summed E-state index contributed by atoms with van der Waals surface area (Å²) in [6, 6.07) is 12.5. The van der Waals surface area contributed by atoms with E-state index in [0.29, 0.717) is 59.1 Å². The van der Waals surface area contributed by atoms with Crippen molar-refractivity contribution >= 4 is 131 Å². The lowest BCUT2D eigenvalue weighted by Crippen LogP contribution is -2.41. The van der Waals surface area contributed by atoms with Crippen LogP contribution in [-0.4, -0.2) is 93.6 Å². The summed E-state index contributed by atoms with van der Waals surface area (Å²) in [6.07, 6.45) is 1.23. The van der Waals surface area contributed by atoms with Crippen LogP contribution in [-0.2, 0) is 18.8 Å². The van der Waals surface area contributed by atoms with Crippen LogP contribution in [0.1, 0.15) is 27.7 Å². The van der Waals surface area contributed by atoms with Crippen LogP contribution in [0.5, 0.6) is 0 Å². The summed E-state index contributed by atoms with van der Waals surface area (Å²) in [6.45, 7) is 9.20. The van der Waals surface area contributed by atoms with E-state index in [0.717, 1.165) is 0.282 Å². The number of aromatic nitrogens is 2. The lowest BCUT2D eigenvalue weighted by atomic mass is 9.78. The highest BCUT2D eigenvalue weighted by Crippen LogP contribution is 2.37. The van der Waals surface area contributed by atoms with E-state index in [-0.39, 0.29) is 12.2 Å².